The van der Waals surface area contributed by atoms with Crippen molar-refractivity contribution in [3.8, 4) is 6.07 Å². The first kappa shape index (κ1) is 6.81. The summed E-state index contributed by atoms with van der Waals surface area (Å²) >= 11 is 0. The predicted octanol–water partition coefficient (Wildman–Crippen LogP) is 0.969. The monoisotopic (exact) mass is 135 g/mol. The summed E-state index contributed by atoms with van der Waals surface area (Å²) in [4.78, 5) is 0. The summed E-state index contributed by atoms with van der Waals surface area (Å²) in [5, 5.41) is 12.4. The molecule has 0 bridgehead atoms. The Hall–Kier alpha value is -1.30. The molecule has 0 N–H and O–H groups in total. The number of hydrogen-bond donors (Lipinski definition) is 0. The van der Waals surface area contributed by atoms with Crippen LogP contribution in [-0.2, 0) is 13.0 Å². The number of aromatic nitrogens is 2. The molecule has 0 spiro atoms. The number of rotatable bonds is 2. The molecule has 1 aromatic heterocycles. The van der Waals surface area contributed by atoms with E-state index in [1.54, 1.807) is 0 Å². The second kappa shape index (κ2) is 3.02. The van der Waals surface area contributed by atoms with E-state index in [1.165, 1.54) is 0 Å². The van der Waals surface area contributed by atoms with Gasteiger partial charge in [-0.25, -0.2) is 0 Å². The van der Waals surface area contributed by atoms with E-state index < -0.39 is 0 Å². The molecule has 0 radical (unpaired) electrons. The van der Waals surface area contributed by atoms with Gasteiger partial charge in [0.25, 0.3) is 0 Å². The SMILES string of the molecule is CCn1ccc(CC#N)n1. The molecule has 0 unspecified atom stereocenters. The van der Waals surface area contributed by atoms with Gasteiger partial charge in [-0.2, -0.15) is 10.4 Å². The normalized spacial score (nSPS) is 9.20. The van der Waals surface area contributed by atoms with E-state index in [0.29, 0.717) is 6.42 Å². The number of nitriles is 1. The lowest BCUT2D eigenvalue weighted by atomic mass is 10.3. The molecule has 0 aliphatic carbocycles. The fraction of sp³-hybridized carbons (Fsp3) is 0.429. The Morgan fingerprint density at radius 2 is 2.60 bits per heavy atom. The first-order chi connectivity index (χ1) is 4.86. The van der Waals surface area contributed by atoms with Gasteiger partial charge in [0.1, 0.15) is 0 Å². The van der Waals surface area contributed by atoms with Gasteiger partial charge in [0.15, 0.2) is 0 Å². The van der Waals surface area contributed by atoms with Crippen molar-refractivity contribution in [1.82, 2.24) is 9.78 Å². The van der Waals surface area contributed by atoms with Crippen LogP contribution in [0.1, 0.15) is 12.6 Å². The van der Waals surface area contributed by atoms with Crippen molar-refractivity contribution in [1.29, 1.82) is 5.26 Å². The zero-order valence-electron chi connectivity index (χ0n) is 5.91. The standard InChI is InChI=1S/C7H9N3/c1-2-10-6-4-7(9-10)3-5-8/h4,6H,2-3H2,1H3. The summed E-state index contributed by atoms with van der Waals surface area (Å²) in [5.41, 5.74) is 0.851. The molecule has 0 saturated carbocycles. The number of hydrogen-bond acceptors (Lipinski definition) is 2. The van der Waals surface area contributed by atoms with Gasteiger partial charge in [0, 0.05) is 12.7 Å². The van der Waals surface area contributed by atoms with Gasteiger partial charge >= 0.3 is 0 Å². The summed E-state index contributed by atoms with van der Waals surface area (Å²) < 4.78 is 1.81. The van der Waals surface area contributed by atoms with Crippen LogP contribution in [0.3, 0.4) is 0 Å². The minimum atomic E-state index is 0.410. The Balaban J connectivity index is 2.70. The van der Waals surface area contributed by atoms with Crippen molar-refractivity contribution in [3.63, 3.8) is 0 Å². The smallest absolute Gasteiger partial charge is 0.0793 e. The molecule has 1 aromatic rings. The lowest BCUT2D eigenvalue weighted by Gasteiger charge is -1.90. The molecule has 10 heavy (non-hydrogen) atoms. The van der Waals surface area contributed by atoms with Gasteiger partial charge in [-0.1, -0.05) is 0 Å². The molecular weight excluding hydrogens is 126 g/mol. The third-order valence-electron chi connectivity index (χ3n) is 1.28. The van der Waals surface area contributed by atoms with Crippen LogP contribution in [0.15, 0.2) is 12.3 Å². The molecule has 0 fully saturated rings. The average molecular weight is 135 g/mol. The topological polar surface area (TPSA) is 41.6 Å². The number of aryl methyl sites for hydroxylation is 1. The maximum absolute atomic E-state index is 8.30. The average Bonchev–Trinajstić information content (AvgIpc) is 2.37. The van der Waals surface area contributed by atoms with Crippen molar-refractivity contribution in [2.45, 2.75) is 19.9 Å². The molecule has 52 valence electrons. The van der Waals surface area contributed by atoms with E-state index in [-0.39, 0.29) is 0 Å². The highest BCUT2D eigenvalue weighted by Gasteiger charge is 1.94. The molecule has 3 nitrogen and oxygen atoms in total. The van der Waals surface area contributed by atoms with Crippen molar-refractivity contribution >= 4 is 0 Å². The molecule has 0 amide bonds. The summed E-state index contributed by atoms with van der Waals surface area (Å²) in [6, 6.07) is 3.91. The Labute approximate surface area is 59.9 Å². The van der Waals surface area contributed by atoms with Gasteiger partial charge in [-0.15, -0.1) is 0 Å². The minimum Gasteiger partial charge on any atom is -0.273 e. The van der Waals surface area contributed by atoms with Gasteiger partial charge in [0.2, 0.25) is 0 Å². The molecule has 0 saturated heterocycles. The molecule has 1 heterocycles. The fourth-order valence-corrected chi connectivity index (χ4v) is 0.755. The molecule has 0 aliphatic heterocycles. The van der Waals surface area contributed by atoms with Crippen molar-refractivity contribution < 1.29 is 0 Å². The fourth-order valence-electron chi connectivity index (χ4n) is 0.755. The summed E-state index contributed by atoms with van der Waals surface area (Å²) in [5.74, 6) is 0. The summed E-state index contributed by atoms with van der Waals surface area (Å²) in [6.07, 6.45) is 2.29. The van der Waals surface area contributed by atoms with E-state index in [0.717, 1.165) is 12.2 Å². The molecule has 3 heteroatoms. The van der Waals surface area contributed by atoms with Crippen LogP contribution in [0.2, 0.25) is 0 Å². The van der Waals surface area contributed by atoms with E-state index in [2.05, 4.69) is 5.10 Å². The summed E-state index contributed by atoms with van der Waals surface area (Å²) in [7, 11) is 0. The molecule has 0 aromatic carbocycles. The van der Waals surface area contributed by atoms with Crippen LogP contribution in [0.4, 0.5) is 0 Å². The van der Waals surface area contributed by atoms with Crippen LogP contribution in [0.25, 0.3) is 0 Å². The second-order valence-electron chi connectivity index (χ2n) is 2.00. The van der Waals surface area contributed by atoms with Crippen LogP contribution >= 0.6 is 0 Å². The molecule has 1 rings (SSSR count). The Morgan fingerprint density at radius 1 is 1.80 bits per heavy atom. The predicted molar refractivity (Wildman–Crippen MR) is 37.2 cm³/mol. The molecular formula is C7H9N3. The second-order valence-corrected chi connectivity index (χ2v) is 2.00. The Kier molecular flexibility index (Phi) is 2.06. The lowest BCUT2D eigenvalue weighted by Crippen LogP contribution is -1.94. The first-order valence-electron chi connectivity index (χ1n) is 3.26. The van der Waals surface area contributed by atoms with E-state index in [1.807, 2.05) is 29.9 Å². The Bertz CT molecular complexity index is 244. The highest BCUT2D eigenvalue weighted by Crippen LogP contribution is 1.94. The van der Waals surface area contributed by atoms with Gasteiger partial charge in [-0.3, -0.25) is 4.68 Å². The van der Waals surface area contributed by atoms with Gasteiger partial charge in [0.05, 0.1) is 18.2 Å². The lowest BCUT2D eigenvalue weighted by molar-refractivity contribution is 0.651. The maximum Gasteiger partial charge on any atom is 0.0793 e. The third-order valence-corrected chi connectivity index (χ3v) is 1.28. The van der Waals surface area contributed by atoms with Crippen LogP contribution in [0.5, 0.6) is 0 Å². The minimum absolute atomic E-state index is 0.410. The number of nitrogens with zero attached hydrogens (tertiary/aromatic N) is 3. The van der Waals surface area contributed by atoms with Gasteiger partial charge in [-0.05, 0) is 13.0 Å². The summed E-state index contributed by atoms with van der Waals surface area (Å²) in [6.45, 7) is 2.88. The van der Waals surface area contributed by atoms with Crippen LogP contribution < -0.4 is 0 Å². The maximum atomic E-state index is 8.30. The quantitative estimate of drug-likeness (QED) is 0.606. The first-order valence-corrected chi connectivity index (χ1v) is 3.26. The third kappa shape index (κ3) is 1.35. The molecule has 0 aliphatic rings. The Morgan fingerprint density at radius 3 is 3.10 bits per heavy atom. The van der Waals surface area contributed by atoms with E-state index in [4.69, 9.17) is 5.26 Å². The van der Waals surface area contributed by atoms with Crippen molar-refractivity contribution in [2.75, 3.05) is 0 Å². The van der Waals surface area contributed by atoms with Crippen LogP contribution in [0, 0.1) is 11.3 Å². The van der Waals surface area contributed by atoms with Crippen LogP contribution in [-0.4, -0.2) is 9.78 Å². The zero-order chi connectivity index (χ0) is 7.40. The van der Waals surface area contributed by atoms with E-state index in [9.17, 15) is 0 Å². The zero-order valence-corrected chi connectivity index (χ0v) is 5.91. The van der Waals surface area contributed by atoms with E-state index >= 15 is 0 Å². The highest BCUT2D eigenvalue weighted by atomic mass is 15.3. The van der Waals surface area contributed by atoms with Gasteiger partial charge < -0.3 is 0 Å². The largest absolute Gasteiger partial charge is 0.273 e. The molecule has 0 atom stereocenters. The highest BCUT2D eigenvalue weighted by molar-refractivity contribution is 5.04. The van der Waals surface area contributed by atoms with Crippen molar-refractivity contribution in [2.24, 2.45) is 0 Å². The van der Waals surface area contributed by atoms with Crippen molar-refractivity contribution in [3.05, 3.63) is 18.0 Å².